The first-order valence-electron chi connectivity index (χ1n) is 7.20. The smallest absolute Gasteiger partial charge is 0.105 e. The Bertz CT molecular complexity index is 339. The molecule has 0 aromatic carbocycles. The lowest BCUT2D eigenvalue weighted by Gasteiger charge is -2.31. The van der Waals surface area contributed by atoms with Gasteiger partial charge in [0.2, 0.25) is 0 Å². The highest BCUT2D eigenvalue weighted by Gasteiger charge is 2.17. The number of rotatable bonds is 6. The number of likely N-dealkylation sites (tertiary alicyclic amines) is 1. The summed E-state index contributed by atoms with van der Waals surface area (Å²) in [5, 5.41) is 3.59. The van der Waals surface area contributed by atoms with Crippen LogP contribution < -0.4 is 5.32 Å². The van der Waals surface area contributed by atoms with E-state index in [1.807, 2.05) is 6.20 Å². The molecule has 1 aliphatic rings. The Labute approximate surface area is 110 Å². The second kappa shape index (κ2) is 6.90. The van der Waals surface area contributed by atoms with Crippen LogP contribution in [0.2, 0.25) is 0 Å². The van der Waals surface area contributed by atoms with Gasteiger partial charge in [-0.15, -0.1) is 0 Å². The van der Waals surface area contributed by atoms with Crippen molar-refractivity contribution in [1.82, 2.24) is 19.8 Å². The Morgan fingerprint density at radius 2 is 2.17 bits per heavy atom. The van der Waals surface area contributed by atoms with Gasteiger partial charge in [0.05, 0.1) is 0 Å². The van der Waals surface area contributed by atoms with E-state index in [2.05, 4.69) is 39.8 Å². The minimum Gasteiger partial charge on any atom is -0.334 e. The zero-order valence-electron chi connectivity index (χ0n) is 11.7. The van der Waals surface area contributed by atoms with E-state index in [-0.39, 0.29) is 0 Å². The number of hydrogen-bond donors (Lipinski definition) is 1. The maximum absolute atomic E-state index is 4.23. The Hall–Kier alpha value is -0.870. The Balaban J connectivity index is 1.58. The molecule has 2 rings (SSSR count). The summed E-state index contributed by atoms with van der Waals surface area (Å²) in [6.45, 7) is 11.3. The predicted molar refractivity (Wildman–Crippen MR) is 74.7 cm³/mol. The highest BCUT2D eigenvalue weighted by atomic mass is 15.1. The Kier molecular flexibility index (Phi) is 5.20. The largest absolute Gasteiger partial charge is 0.334 e. The molecule has 0 aliphatic carbocycles. The summed E-state index contributed by atoms with van der Waals surface area (Å²) in [5.74, 6) is 1.98. The molecule has 1 N–H and O–H groups in total. The van der Waals surface area contributed by atoms with Crippen molar-refractivity contribution in [2.75, 3.05) is 32.7 Å². The molecule has 18 heavy (non-hydrogen) atoms. The molecule has 102 valence electrons. The molecule has 0 spiro atoms. The summed E-state index contributed by atoms with van der Waals surface area (Å²) in [4.78, 5) is 6.78. The second-order valence-corrected chi connectivity index (χ2v) is 5.25. The molecule has 1 aliphatic heterocycles. The van der Waals surface area contributed by atoms with Gasteiger partial charge in [-0.3, -0.25) is 0 Å². The first-order chi connectivity index (χ1) is 8.79. The van der Waals surface area contributed by atoms with Crippen LogP contribution in [0.3, 0.4) is 0 Å². The molecule has 0 unspecified atom stereocenters. The Morgan fingerprint density at radius 1 is 1.39 bits per heavy atom. The fourth-order valence-electron chi connectivity index (χ4n) is 2.65. The SMILES string of the molecule is CCN1CCC(CNCCn2ccnc2C)CC1. The molecule has 0 amide bonds. The van der Waals surface area contributed by atoms with E-state index in [9.17, 15) is 0 Å². The van der Waals surface area contributed by atoms with Crippen molar-refractivity contribution in [3.05, 3.63) is 18.2 Å². The van der Waals surface area contributed by atoms with Gasteiger partial charge in [-0.1, -0.05) is 6.92 Å². The minimum atomic E-state index is 0.872. The van der Waals surface area contributed by atoms with E-state index >= 15 is 0 Å². The van der Waals surface area contributed by atoms with E-state index in [1.165, 1.54) is 39.0 Å². The van der Waals surface area contributed by atoms with Crippen LogP contribution in [0.4, 0.5) is 0 Å². The van der Waals surface area contributed by atoms with Gasteiger partial charge in [0, 0.05) is 25.5 Å². The van der Waals surface area contributed by atoms with E-state index in [1.54, 1.807) is 0 Å². The van der Waals surface area contributed by atoms with Gasteiger partial charge in [-0.2, -0.15) is 0 Å². The maximum Gasteiger partial charge on any atom is 0.105 e. The lowest BCUT2D eigenvalue weighted by Crippen LogP contribution is -2.37. The third-order valence-corrected chi connectivity index (χ3v) is 4.04. The maximum atomic E-state index is 4.23. The molecule has 4 heteroatoms. The van der Waals surface area contributed by atoms with Gasteiger partial charge >= 0.3 is 0 Å². The van der Waals surface area contributed by atoms with E-state index in [0.29, 0.717) is 0 Å². The second-order valence-electron chi connectivity index (χ2n) is 5.25. The molecule has 2 heterocycles. The molecule has 0 bridgehead atoms. The minimum absolute atomic E-state index is 0.872. The van der Waals surface area contributed by atoms with Crippen LogP contribution in [0.25, 0.3) is 0 Å². The van der Waals surface area contributed by atoms with Crippen LogP contribution >= 0.6 is 0 Å². The van der Waals surface area contributed by atoms with Gasteiger partial charge in [0.15, 0.2) is 0 Å². The van der Waals surface area contributed by atoms with Crippen molar-refractivity contribution in [1.29, 1.82) is 0 Å². The summed E-state index contributed by atoms with van der Waals surface area (Å²) in [6, 6.07) is 0. The highest BCUT2D eigenvalue weighted by Crippen LogP contribution is 2.15. The molecule has 0 saturated carbocycles. The molecule has 1 fully saturated rings. The highest BCUT2D eigenvalue weighted by molar-refractivity contribution is 4.88. The van der Waals surface area contributed by atoms with Crippen molar-refractivity contribution in [2.45, 2.75) is 33.2 Å². The number of aryl methyl sites for hydroxylation is 1. The van der Waals surface area contributed by atoms with Gasteiger partial charge in [0.1, 0.15) is 5.82 Å². The zero-order chi connectivity index (χ0) is 12.8. The van der Waals surface area contributed by atoms with Crippen LogP contribution in [0, 0.1) is 12.8 Å². The number of imidazole rings is 1. The molecular formula is C14H26N4. The van der Waals surface area contributed by atoms with Gasteiger partial charge in [0.25, 0.3) is 0 Å². The number of hydrogen-bond acceptors (Lipinski definition) is 3. The zero-order valence-corrected chi connectivity index (χ0v) is 11.7. The number of nitrogens with zero attached hydrogens (tertiary/aromatic N) is 3. The lowest BCUT2D eigenvalue weighted by molar-refractivity contribution is 0.190. The topological polar surface area (TPSA) is 33.1 Å². The normalized spacial score (nSPS) is 18.3. The van der Waals surface area contributed by atoms with Crippen LogP contribution in [0.15, 0.2) is 12.4 Å². The van der Waals surface area contributed by atoms with Crippen LogP contribution in [0.5, 0.6) is 0 Å². The third-order valence-electron chi connectivity index (χ3n) is 4.04. The van der Waals surface area contributed by atoms with Gasteiger partial charge in [-0.05, 0) is 51.9 Å². The predicted octanol–water partition coefficient (Wildman–Crippen LogP) is 1.51. The van der Waals surface area contributed by atoms with Gasteiger partial charge in [-0.25, -0.2) is 4.98 Å². The lowest BCUT2D eigenvalue weighted by atomic mass is 9.97. The molecule has 1 aromatic heterocycles. The fourth-order valence-corrected chi connectivity index (χ4v) is 2.65. The summed E-state index contributed by atoms with van der Waals surface area (Å²) in [7, 11) is 0. The summed E-state index contributed by atoms with van der Waals surface area (Å²) < 4.78 is 2.20. The van der Waals surface area contributed by atoms with Gasteiger partial charge < -0.3 is 14.8 Å². The summed E-state index contributed by atoms with van der Waals surface area (Å²) >= 11 is 0. The molecule has 1 saturated heterocycles. The average Bonchev–Trinajstić information content (AvgIpc) is 2.81. The van der Waals surface area contributed by atoms with E-state index in [0.717, 1.165) is 24.8 Å². The number of nitrogens with one attached hydrogen (secondary N) is 1. The first-order valence-corrected chi connectivity index (χ1v) is 7.20. The van der Waals surface area contributed by atoms with Crippen LogP contribution in [0.1, 0.15) is 25.6 Å². The number of aromatic nitrogens is 2. The van der Waals surface area contributed by atoms with Crippen LogP contribution in [-0.2, 0) is 6.54 Å². The van der Waals surface area contributed by atoms with Crippen LogP contribution in [-0.4, -0.2) is 47.2 Å². The first kappa shape index (κ1) is 13.6. The molecule has 4 nitrogen and oxygen atoms in total. The van der Waals surface area contributed by atoms with E-state index in [4.69, 9.17) is 0 Å². The standard InChI is InChI=1S/C14H26N4/c1-3-17-8-4-14(5-9-17)12-15-6-10-18-11-7-16-13(18)2/h7,11,14-15H,3-6,8-10,12H2,1-2H3. The van der Waals surface area contributed by atoms with Crippen molar-refractivity contribution in [3.63, 3.8) is 0 Å². The summed E-state index contributed by atoms with van der Waals surface area (Å²) in [6.07, 6.45) is 6.63. The van der Waals surface area contributed by atoms with Crippen molar-refractivity contribution >= 4 is 0 Å². The molecule has 0 atom stereocenters. The monoisotopic (exact) mass is 250 g/mol. The molecule has 0 radical (unpaired) electrons. The van der Waals surface area contributed by atoms with Crippen molar-refractivity contribution in [2.24, 2.45) is 5.92 Å². The fraction of sp³-hybridized carbons (Fsp3) is 0.786. The average molecular weight is 250 g/mol. The molecular weight excluding hydrogens is 224 g/mol. The molecule has 1 aromatic rings. The van der Waals surface area contributed by atoms with Crippen molar-refractivity contribution < 1.29 is 0 Å². The van der Waals surface area contributed by atoms with Crippen molar-refractivity contribution in [3.8, 4) is 0 Å². The van der Waals surface area contributed by atoms with E-state index < -0.39 is 0 Å². The number of piperidine rings is 1. The quantitative estimate of drug-likeness (QED) is 0.777. The Morgan fingerprint density at radius 3 is 2.78 bits per heavy atom. The summed E-state index contributed by atoms with van der Waals surface area (Å²) in [5.41, 5.74) is 0. The third kappa shape index (κ3) is 3.82.